The quantitative estimate of drug-likeness (QED) is 0.326. The Morgan fingerprint density at radius 2 is 1.58 bits per heavy atom. The SMILES string of the molecule is O=C(NCc1ccc(C(F)(F)F)c(-c2nc(C(F)(F)F)cc(=O)[nH]2)c1F)C1CCN(c2ccc(OC(F)(F)F)cc2)CC1. The summed E-state index contributed by atoms with van der Waals surface area (Å²) in [5.74, 6) is -4.49. The number of piperidine rings is 1. The van der Waals surface area contributed by atoms with Gasteiger partial charge in [0.15, 0.2) is 5.69 Å². The van der Waals surface area contributed by atoms with Crippen LogP contribution in [-0.2, 0) is 23.7 Å². The van der Waals surface area contributed by atoms with E-state index in [1.54, 1.807) is 4.98 Å². The van der Waals surface area contributed by atoms with Crippen LogP contribution in [0.3, 0.4) is 0 Å². The van der Waals surface area contributed by atoms with E-state index in [1.807, 2.05) is 4.90 Å². The third-order valence-corrected chi connectivity index (χ3v) is 6.55. The predicted octanol–water partition coefficient (Wildman–Crippen LogP) is 6.05. The molecule has 0 spiro atoms. The van der Waals surface area contributed by atoms with Gasteiger partial charge in [0.1, 0.15) is 17.4 Å². The highest BCUT2D eigenvalue weighted by Crippen LogP contribution is 2.39. The summed E-state index contributed by atoms with van der Waals surface area (Å²) >= 11 is 0. The Kier molecular flexibility index (Phi) is 8.65. The first-order chi connectivity index (χ1) is 19.9. The summed E-state index contributed by atoms with van der Waals surface area (Å²) in [4.78, 5) is 31.0. The average Bonchev–Trinajstić information content (AvgIpc) is 2.90. The lowest BCUT2D eigenvalue weighted by Crippen LogP contribution is -2.40. The van der Waals surface area contributed by atoms with Crippen LogP contribution in [0.25, 0.3) is 11.4 Å². The van der Waals surface area contributed by atoms with Gasteiger partial charge in [-0.1, -0.05) is 6.07 Å². The van der Waals surface area contributed by atoms with Crippen molar-refractivity contribution in [3.63, 3.8) is 0 Å². The summed E-state index contributed by atoms with van der Waals surface area (Å²) in [6.07, 6.45) is -14.7. The van der Waals surface area contributed by atoms with Crippen molar-refractivity contribution in [2.24, 2.45) is 5.92 Å². The van der Waals surface area contributed by atoms with Crippen LogP contribution in [0.5, 0.6) is 5.75 Å². The summed E-state index contributed by atoms with van der Waals surface area (Å²) in [5.41, 5.74) is -6.31. The summed E-state index contributed by atoms with van der Waals surface area (Å²) in [5, 5.41) is 2.40. The number of H-pyrrole nitrogens is 1. The number of alkyl halides is 9. The van der Waals surface area contributed by atoms with Crippen LogP contribution in [0.1, 0.15) is 29.7 Å². The molecule has 43 heavy (non-hydrogen) atoms. The summed E-state index contributed by atoms with van der Waals surface area (Å²) in [6.45, 7) is 0.0235. The molecule has 0 atom stereocenters. The Morgan fingerprint density at radius 3 is 2.14 bits per heavy atom. The Balaban J connectivity index is 1.46. The van der Waals surface area contributed by atoms with Gasteiger partial charge >= 0.3 is 18.7 Å². The highest BCUT2D eigenvalue weighted by Gasteiger charge is 2.39. The second-order valence-electron chi connectivity index (χ2n) is 9.46. The minimum absolute atomic E-state index is 0.0153. The van der Waals surface area contributed by atoms with Crippen molar-refractivity contribution in [1.29, 1.82) is 0 Å². The minimum Gasteiger partial charge on any atom is -0.406 e. The highest BCUT2D eigenvalue weighted by atomic mass is 19.4. The van der Waals surface area contributed by atoms with E-state index >= 15 is 4.39 Å². The minimum atomic E-state index is -5.23. The number of nitrogens with one attached hydrogen (secondary N) is 2. The van der Waals surface area contributed by atoms with Crippen LogP contribution in [0.2, 0.25) is 0 Å². The number of aromatic nitrogens is 2. The third kappa shape index (κ3) is 7.75. The molecule has 1 aromatic heterocycles. The summed E-state index contributed by atoms with van der Waals surface area (Å²) in [7, 11) is 0. The highest BCUT2D eigenvalue weighted by molar-refractivity contribution is 5.79. The van der Waals surface area contributed by atoms with E-state index in [0.717, 1.165) is 12.1 Å². The number of hydrogen-bond donors (Lipinski definition) is 2. The lowest BCUT2D eigenvalue weighted by molar-refractivity contribution is -0.274. The Hall–Kier alpha value is -4.31. The Morgan fingerprint density at radius 1 is 0.953 bits per heavy atom. The number of rotatable bonds is 6. The van der Waals surface area contributed by atoms with Crippen LogP contribution in [0, 0.1) is 11.7 Å². The molecular weight excluding hydrogens is 606 g/mol. The van der Waals surface area contributed by atoms with Crippen molar-refractivity contribution in [3.8, 4) is 17.1 Å². The zero-order valence-electron chi connectivity index (χ0n) is 21.6. The number of carbonyl (C=O) groups excluding carboxylic acids is 1. The molecule has 0 unspecified atom stereocenters. The number of hydrogen-bond acceptors (Lipinski definition) is 5. The largest absolute Gasteiger partial charge is 0.573 e. The molecular formula is C26H20F10N4O3. The van der Waals surface area contributed by atoms with Crippen LogP contribution >= 0.6 is 0 Å². The molecule has 1 saturated heterocycles. The summed E-state index contributed by atoms with van der Waals surface area (Å²) in [6, 6.07) is 6.24. The van der Waals surface area contributed by atoms with Gasteiger partial charge < -0.3 is 19.9 Å². The molecule has 0 radical (unpaired) electrons. The van der Waals surface area contributed by atoms with E-state index in [-0.39, 0.29) is 18.9 Å². The lowest BCUT2D eigenvalue weighted by Gasteiger charge is -2.33. The molecule has 1 aliphatic rings. The maximum atomic E-state index is 15.4. The molecule has 4 rings (SSSR count). The number of ether oxygens (including phenoxy) is 1. The maximum Gasteiger partial charge on any atom is 0.573 e. The van der Waals surface area contributed by atoms with Gasteiger partial charge in [0.05, 0.1) is 11.1 Å². The molecule has 0 saturated carbocycles. The fourth-order valence-corrected chi connectivity index (χ4v) is 4.53. The molecule has 2 aromatic carbocycles. The van der Waals surface area contributed by atoms with Gasteiger partial charge in [-0.25, -0.2) is 9.37 Å². The molecule has 1 aliphatic heterocycles. The van der Waals surface area contributed by atoms with E-state index in [0.29, 0.717) is 30.9 Å². The second-order valence-corrected chi connectivity index (χ2v) is 9.46. The fraction of sp³-hybridized carbons (Fsp3) is 0.346. The van der Waals surface area contributed by atoms with Gasteiger partial charge in [-0.15, -0.1) is 13.2 Å². The first kappa shape index (κ1) is 31.6. The van der Waals surface area contributed by atoms with E-state index in [4.69, 9.17) is 0 Å². The monoisotopic (exact) mass is 626 g/mol. The van der Waals surface area contributed by atoms with E-state index in [2.05, 4.69) is 15.0 Å². The normalized spacial score (nSPS) is 15.0. The standard InChI is InChI=1S/C26H20F10N4O3/c27-21-14(1-6-17(24(28,29)30)20(21)22-38-18(25(31,32)33)11-19(41)39-22)12-37-23(42)13-7-9-40(10-8-13)15-2-4-16(5-3-15)43-26(34,35)36/h1-6,11,13H,7-10,12H2,(H,37,42)(H,38,39,41). The van der Waals surface area contributed by atoms with Crippen LogP contribution in [-0.4, -0.2) is 35.3 Å². The predicted molar refractivity (Wildman–Crippen MR) is 130 cm³/mol. The van der Waals surface area contributed by atoms with E-state index < -0.39 is 82.4 Å². The third-order valence-electron chi connectivity index (χ3n) is 6.55. The number of nitrogens with zero attached hydrogens (tertiary/aromatic N) is 2. The van der Waals surface area contributed by atoms with Gasteiger partial charge in [0.2, 0.25) is 5.91 Å². The van der Waals surface area contributed by atoms with Crippen molar-refractivity contribution in [2.45, 2.75) is 38.1 Å². The van der Waals surface area contributed by atoms with Gasteiger partial charge in [0, 0.05) is 42.9 Å². The number of aromatic amines is 1. The molecule has 2 N–H and O–H groups in total. The fourth-order valence-electron chi connectivity index (χ4n) is 4.53. The number of anilines is 1. The Labute approximate surface area is 235 Å². The molecule has 2 heterocycles. The van der Waals surface area contributed by atoms with Crippen molar-refractivity contribution in [3.05, 3.63) is 75.5 Å². The number of carbonyl (C=O) groups is 1. The van der Waals surface area contributed by atoms with Crippen molar-refractivity contribution in [2.75, 3.05) is 18.0 Å². The first-order valence-corrected chi connectivity index (χ1v) is 12.4. The zero-order valence-corrected chi connectivity index (χ0v) is 21.6. The van der Waals surface area contributed by atoms with Gasteiger partial charge in [0.25, 0.3) is 5.56 Å². The number of amides is 1. The van der Waals surface area contributed by atoms with Crippen molar-refractivity contribution in [1.82, 2.24) is 15.3 Å². The van der Waals surface area contributed by atoms with Gasteiger partial charge in [-0.2, -0.15) is 26.3 Å². The molecule has 0 aliphatic carbocycles. The van der Waals surface area contributed by atoms with Gasteiger partial charge in [-0.3, -0.25) is 9.59 Å². The van der Waals surface area contributed by atoms with Crippen LogP contribution in [0.15, 0.2) is 47.3 Å². The number of halogens is 10. The maximum absolute atomic E-state index is 15.4. The zero-order chi connectivity index (χ0) is 31.7. The smallest absolute Gasteiger partial charge is 0.406 e. The topological polar surface area (TPSA) is 87.3 Å². The van der Waals surface area contributed by atoms with Crippen molar-refractivity contribution >= 4 is 11.6 Å². The average molecular weight is 626 g/mol. The Bertz CT molecular complexity index is 1520. The van der Waals surface area contributed by atoms with Crippen molar-refractivity contribution < 1.29 is 53.4 Å². The molecule has 3 aromatic rings. The second kappa shape index (κ2) is 11.8. The molecule has 1 fully saturated rings. The summed E-state index contributed by atoms with van der Waals surface area (Å²) < 4.78 is 137. The molecule has 1 amide bonds. The molecule has 7 nitrogen and oxygen atoms in total. The van der Waals surface area contributed by atoms with Gasteiger partial charge in [-0.05, 0) is 43.2 Å². The van der Waals surface area contributed by atoms with E-state index in [9.17, 15) is 49.1 Å². The van der Waals surface area contributed by atoms with E-state index in [1.165, 1.54) is 12.1 Å². The molecule has 232 valence electrons. The van der Waals surface area contributed by atoms with Crippen LogP contribution < -0.4 is 20.5 Å². The first-order valence-electron chi connectivity index (χ1n) is 12.4. The lowest BCUT2D eigenvalue weighted by atomic mass is 9.95. The number of benzene rings is 2. The molecule has 0 bridgehead atoms. The van der Waals surface area contributed by atoms with Crippen LogP contribution in [0.4, 0.5) is 49.6 Å². The molecule has 17 heteroatoms.